The number of benzene rings is 2. The molecule has 3 N–H and O–H groups in total. The zero-order chi connectivity index (χ0) is 15.8. The second kappa shape index (κ2) is 8.41. The molecule has 0 spiro atoms. The van der Waals surface area contributed by atoms with Crippen molar-refractivity contribution in [2.24, 2.45) is 0 Å². The molecule has 5 heteroatoms. The Labute approximate surface area is 135 Å². The minimum absolute atomic E-state index is 0.0409. The van der Waals surface area contributed by atoms with Crippen LogP contribution >= 0.6 is 11.6 Å². The van der Waals surface area contributed by atoms with Crippen molar-refractivity contribution in [3.05, 3.63) is 64.7 Å². The number of hydrazine groups is 1. The third-order valence-electron chi connectivity index (χ3n) is 3.21. The fourth-order valence-electron chi connectivity index (χ4n) is 2.07. The molecule has 1 amide bonds. The third kappa shape index (κ3) is 5.76. The number of carbonyl (C=O) groups excluding carboxylic acids is 1. The first-order valence-corrected chi connectivity index (χ1v) is 7.55. The summed E-state index contributed by atoms with van der Waals surface area (Å²) in [5.74, 6) is 0.215. The first kappa shape index (κ1) is 16.3. The number of hydrogen-bond donors (Lipinski definition) is 3. The average Bonchev–Trinajstić information content (AvgIpc) is 2.49. The fourth-order valence-corrected chi connectivity index (χ4v) is 2.28. The maximum atomic E-state index is 11.7. The van der Waals surface area contributed by atoms with Gasteiger partial charge in [-0.3, -0.25) is 10.2 Å². The van der Waals surface area contributed by atoms with Gasteiger partial charge in [-0.25, -0.2) is 5.43 Å². The van der Waals surface area contributed by atoms with Crippen molar-refractivity contribution in [3.63, 3.8) is 0 Å². The van der Waals surface area contributed by atoms with Gasteiger partial charge < -0.3 is 5.11 Å². The first-order chi connectivity index (χ1) is 10.6. The van der Waals surface area contributed by atoms with E-state index in [0.29, 0.717) is 18.0 Å². The van der Waals surface area contributed by atoms with Gasteiger partial charge in [-0.2, -0.15) is 0 Å². The van der Waals surface area contributed by atoms with E-state index in [0.717, 1.165) is 24.0 Å². The lowest BCUT2D eigenvalue weighted by Gasteiger charge is -2.07. The van der Waals surface area contributed by atoms with Crippen LogP contribution in [0.2, 0.25) is 5.02 Å². The zero-order valence-electron chi connectivity index (χ0n) is 12.2. The predicted molar refractivity (Wildman–Crippen MR) is 87.5 cm³/mol. The van der Waals surface area contributed by atoms with Crippen molar-refractivity contribution in [2.75, 3.05) is 0 Å². The summed E-state index contributed by atoms with van der Waals surface area (Å²) in [7, 11) is 0. The number of amides is 1. The van der Waals surface area contributed by atoms with Crippen LogP contribution in [0, 0.1) is 0 Å². The van der Waals surface area contributed by atoms with Crippen molar-refractivity contribution < 1.29 is 9.90 Å². The van der Waals surface area contributed by atoms with Crippen molar-refractivity contribution >= 4 is 17.5 Å². The minimum atomic E-state index is -0.0409. The number of phenols is 1. The molecule has 4 nitrogen and oxygen atoms in total. The SMILES string of the molecule is O=C(CCCc1ccc(O)cc1)NNCc1cccc(Cl)c1. The van der Waals surface area contributed by atoms with Gasteiger partial charge >= 0.3 is 0 Å². The number of rotatable bonds is 7. The molecule has 0 unspecified atom stereocenters. The van der Waals surface area contributed by atoms with Crippen LogP contribution in [0.4, 0.5) is 0 Å². The second-order valence-electron chi connectivity index (χ2n) is 5.05. The Morgan fingerprint density at radius 1 is 1.09 bits per heavy atom. The molecule has 22 heavy (non-hydrogen) atoms. The summed E-state index contributed by atoms with van der Waals surface area (Å²) >= 11 is 5.89. The van der Waals surface area contributed by atoms with Crippen LogP contribution in [-0.4, -0.2) is 11.0 Å². The summed E-state index contributed by atoms with van der Waals surface area (Å²) in [5.41, 5.74) is 7.69. The molecule has 2 rings (SSSR count). The van der Waals surface area contributed by atoms with Crippen molar-refractivity contribution in [2.45, 2.75) is 25.8 Å². The molecule has 0 saturated carbocycles. The van der Waals surface area contributed by atoms with Gasteiger partial charge in [0.2, 0.25) is 5.91 Å². The highest BCUT2D eigenvalue weighted by atomic mass is 35.5. The van der Waals surface area contributed by atoms with Crippen LogP contribution in [0.3, 0.4) is 0 Å². The molecule has 0 aliphatic heterocycles. The van der Waals surface area contributed by atoms with Gasteiger partial charge in [0.25, 0.3) is 0 Å². The number of hydrogen-bond acceptors (Lipinski definition) is 3. The Bertz CT molecular complexity index is 614. The van der Waals surface area contributed by atoms with Crippen LogP contribution in [0.25, 0.3) is 0 Å². The molecular weight excluding hydrogens is 300 g/mol. The molecule has 0 aliphatic rings. The first-order valence-electron chi connectivity index (χ1n) is 7.17. The van der Waals surface area contributed by atoms with E-state index in [1.54, 1.807) is 12.1 Å². The minimum Gasteiger partial charge on any atom is -0.508 e. The van der Waals surface area contributed by atoms with Crippen LogP contribution in [0.15, 0.2) is 48.5 Å². The topological polar surface area (TPSA) is 61.4 Å². The van der Waals surface area contributed by atoms with Crippen LogP contribution in [0.5, 0.6) is 5.75 Å². The summed E-state index contributed by atoms with van der Waals surface area (Å²) in [6.45, 7) is 0.532. The highest BCUT2D eigenvalue weighted by Crippen LogP contribution is 2.12. The van der Waals surface area contributed by atoms with Crippen LogP contribution in [0.1, 0.15) is 24.0 Å². The number of aryl methyl sites for hydroxylation is 1. The molecule has 2 aromatic rings. The van der Waals surface area contributed by atoms with E-state index in [1.165, 1.54) is 0 Å². The van der Waals surface area contributed by atoms with Gasteiger partial charge in [-0.1, -0.05) is 35.9 Å². The number of nitrogens with one attached hydrogen (secondary N) is 2. The zero-order valence-corrected chi connectivity index (χ0v) is 12.9. The Kier molecular flexibility index (Phi) is 6.25. The Hall–Kier alpha value is -2.04. The normalized spacial score (nSPS) is 10.4. The van der Waals surface area contributed by atoms with Crippen LogP contribution < -0.4 is 10.9 Å². The Morgan fingerprint density at radius 3 is 2.59 bits per heavy atom. The molecule has 0 aliphatic carbocycles. The van der Waals surface area contributed by atoms with Gasteiger partial charge in [-0.05, 0) is 48.2 Å². The quantitative estimate of drug-likeness (QED) is 0.687. The van der Waals surface area contributed by atoms with Gasteiger partial charge in [0.1, 0.15) is 5.75 Å². The lowest BCUT2D eigenvalue weighted by molar-refractivity contribution is -0.122. The van der Waals surface area contributed by atoms with E-state index in [4.69, 9.17) is 11.6 Å². The predicted octanol–water partition coefficient (Wildman–Crippen LogP) is 3.19. The second-order valence-corrected chi connectivity index (χ2v) is 5.49. The van der Waals surface area contributed by atoms with E-state index in [1.807, 2.05) is 36.4 Å². The summed E-state index contributed by atoms with van der Waals surface area (Å²) in [6.07, 6.45) is 2.01. The van der Waals surface area contributed by atoms with E-state index >= 15 is 0 Å². The fraction of sp³-hybridized carbons (Fsp3) is 0.235. The monoisotopic (exact) mass is 318 g/mol. The van der Waals surface area contributed by atoms with E-state index in [9.17, 15) is 9.90 Å². The molecule has 2 aromatic carbocycles. The third-order valence-corrected chi connectivity index (χ3v) is 3.45. The molecule has 0 bridgehead atoms. The highest BCUT2D eigenvalue weighted by molar-refractivity contribution is 6.30. The largest absolute Gasteiger partial charge is 0.508 e. The molecule has 0 atom stereocenters. The lowest BCUT2D eigenvalue weighted by atomic mass is 10.1. The van der Waals surface area contributed by atoms with E-state index in [2.05, 4.69) is 10.9 Å². The Balaban J connectivity index is 1.62. The molecule has 116 valence electrons. The van der Waals surface area contributed by atoms with Gasteiger partial charge in [0.05, 0.1) is 0 Å². The highest BCUT2D eigenvalue weighted by Gasteiger charge is 2.02. The maximum absolute atomic E-state index is 11.7. The lowest BCUT2D eigenvalue weighted by Crippen LogP contribution is -2.36. The summed E-state index contributed by atoms with van der Waals surface area (Å²) in [5, 5.41) is 9.88. The smallest absolute Gasteiger partial charge is 0.234 e. The molecule has 0 aromatic heterocycles. The van der Waals surface area contributed by atoms with E-state index in [-0.39, 0.29) is 11.7 Å². The average molecular weight is 319 g/mol. The standard InChI is InChI=1S/C17H19ClN2O2/c18-15-5-1-4-14(11-15)12-19-20-17(22)6-2-3-13-7-9-16(21)10-8-13/h1,4-5,7-11,19,21H,2-3,6,12H2,(H,20,22). The summed E-state index contributed by atoms with van der Waals surface area (Å²) in [6, 6.07) is 14.5. The Morgan fingerprint density at radius 2 is 1.86 bits per heavy atom. The molecule has 0 fully saturated rings. The number of phenolic OH excluding ortho intramolecular Hbond substituents is 1. The van der Waals surface area contributed by atoms with Gasteiger partial charge in [0, 0.05) is 18.0 Å². The maximum Gasteiger partial charge on any atom is 0.234 e. The van der Waals surface area contributed by atoms with Crippen LogP contribution in [-0.2, 0) is 17.8 Å². The summed E-state index contributed by atoms with van der Waals surface area (Å²) in [4.78, 5) is 11.7. The van der Waals surface area contributed by atoms with Gasteiger partial charge in [0.15, 0.2) is 0 Å². The molecule has 0 radical (unpaired) electrons. The number of carbonyl (C=O) groups is 1. The van der Waals surface area contributed by atoms with Gasteiger partial charge in [-0.15, -0.1) is 0 Å². The summed E-state index contributed by atoms with van der Waals surface area (Å²) < 4.78 is 0. The molecule has 0 saturated heterocycles. The molecule has 0 heterocycles. The number of aromatic hydroxyl groups is 1. The number of halogens is 1. The van der Waals surface area contributed by atoms with Crippen molar-refractivity contribution in [1.29, 1.82) is 0 Å². The van der Waals surface area contributed by atoms with E-state index < -0.39 is 0 Å². The van der Waals surface area contributed by atoms with Crippen molar-refractivity contribution in [1.82, 2.24) is 10.9 Å². The molecular formula is C17H19ClN2O2. The van der Waals surface area contributed by atoms with Crippen molar-refractivity contribution in [3.8, 4) is 5.75 Å².